The van der Waals surface area contributed by atoms with Gasteiger partial charge >= 0.3 is 5.97 Å². The van der Waals surface area contributed by atoms with E-state index in [1.807, 2.05) is 0 Å². The van der Waals surface area contributed by atoms with E-state index in [4.69, 9.17) is 9.47 Å². The van der Waals surface area contributed by atoms with Gasteiger partial charge in [-0.2, -0.15) is 0 Å². The van der Waals surface area contributed by atoms with E-state index in [1.165, 1.54) is 37.4 Å². The van der Waals surface area contributed by atoms with Crippen molar-refractivity contribution in [3.63, 3.8) is 0 Å². The fourth-order valence-corrected chi connectivity index (χ4v) is 2.72. The van der Waals surface area contributed by atoms with Gasteiger partial charge in [0.25, 0.3) is 11.6 Å². The Kier molecular flexibility index (Phi) is 7.12. The fourth-order valence-electron chi connectivity index (χ4n) is 1.98. The molecule has 0 saturated heterocycles. The number of methoxy groups -OCH3 is 1. The molecule has 0 bridgehead atoms. The highest BCUT2D eigenvalue weighted by atomic mass is 32.2. The molecule has 0 fully saturated rings. The standard InChI is InChI=1S/C17H15FN2O6S/c1-25-14-7-6-11(20(23)24)8-13(14)19-16(21)9-26-17(22)10-27-15-5-3-2-4-12(15)18/h2-8H,9-10H2,1H3,(H,19,21). The summed E-state index contributed by atoms with van der Waals surface area (Å²) < 4.78 is 23.3. The summed E-state index contributed by atoms with van der Waals surface area (Å²) in [5.41, 5.74) is -0.155. The highest BCUT2D eigenvalue weighted by molar-refractivity contribution is 8.00. The first-order valence-corrected chi connectivity index (χ1v) is 8.54. The summed E-state index contributed by atoms with van der Waals surface area (Å²) >= 11 is 0.946. The second-order valence-corrected chi connectivity index (χ2v) is 6.09. The number of benzene rings is 2. The lowest BCUT2D eigenvalue weighted by atomic mass is 10.2. The van der Waals surface area contributed by atoms with Gasteiger partial charge in [0, 0.05) is 17.0 Å². The van der Waals surface area contributed by atoms with Crippen LogP contribution < -0.4 is 10.1 Å². The topological polar surface area (TPSA) is 108 Å². The van der Waals surface area contributed by atoms with Gasteiger partial charge in [0.2, 0.25) is 0 Å². The molecule has 0 aliphatic heterocycles. The number of thioether (sulfide) groups is 1. The third-order valence-corrected chi connectivity index (χ3v) is 4.24. The summed E-state index contributed by atoms with van der Waals surface area (Å²) in [6, 6.07) is 9.66. The predicted octanol–water partition coefficient (Wildman–Crippen LogP) is 3.02. The number of hydrogen-bond donors (Lipinski definition) is 1. The number of nitro groups is 1. The third kappa shape index (κ3) is 5.96. The van der Waals surface area contributed by atoms with Gasteiger partial charge in [-0.05, 0) is 18.2 Å². The van der Waals surface area contributed by atoms with E-state index in [0.717, 1.165) is 17.8 Å². The second-order valence-electron chi connectivity index (χ2n) is 5.07. The molecular formula is C17H15FN2O6S. The molecule has 1 N–H and O–H groups in total. The van der Waals surface area contributed by atoms with Crippen LogP contribution in [0.2, 0.25) is 0 Å². The van der Waals surface area contributed by atoms with Crippen LogP contribution in [0.1, 0.15) is 0 Å². The van der Waals surface area contributed by atoms with Crippen molar-refractivity contribution in [3.8, 4) is 5.75 Å². The van der Waals surface area contributed by atoms with Gasteiger partial charge in [0.05, 0.1) is 23.5 Å². The summed E-state index contributed by atoms with van der Waals surface area (Å²) in [5.74, 6) is -1.81. The maximum absolute atomic E-state index is 13.5. The number of halogens is 1. The number of nitrogens with one attached hydrogen (secondary N) is 1. The summed E-state index contributed by atoms with van der Waals surface area (Å²) in [6.07, 6.45) is 0. The molecule has 0 aliphatic rings. The largest absolute Gasteiger partial charge is 0.495 e. The van der Waals surface area contributed by atoms with E-state index >= 15 is 0 Å². The number of anilines is 1. The zero-order chi connectivity index (χ0) is 19.8. The van der Waals surface area contributed by atoms with Gasteiger partial charge in [-0.1, -0.05) is 12.1 Å². The minimum atomic E-state index is -0.704. The minimum Gasteiger partial charge on any atom is -0.495 e. The van der Waals surface area contributed by atoms with Crippen molar-refractivity contribution >= 4 is 35.0 Å². The molecule has 2 rings (SSSR count). The Hall–Kier alpha value is -3.14. The van der Waals surface area contributed by atoms with Crippen LogP contribution in [0.15, 0.2) is 47.4 Å². The third-order valence-electron chi connectivity index (χ3n) is 3.21. The Balaban J connectivity index is 1.87. The quantitative estimate of drug-likeness (QED) is 0.317. The average Bonchev–Trinajstić information content (AvgIpc) is 2.65. The number of esters is 1. The Morgan fingerprint density at radius 2 is 2.00 bits per heavy atom. The first-order chi connectivity index (χ1) is 12.9. The molecule has 0 spiro atoms. The highest BCUT2D eigenvalue weighted by Gasteiger charge is 2.15. The molecule has 0 radical (unpaired) electrons. The maximum atomic E-state index is 13.5. The highest BCUT2D eigenvalue weighted by Crippen LogP contribution is 2.28. The number of non-ortho nitro benzene ring substituents is 1. The summed E-state index contributed by atoms with van der Waals surface area (Å²) in [5, 5.41) is 13.2. The van der Waals surface area contributed by atoms with Gasteiger partial charge in [0.15, 0.2) is 6.61 Å². The normalized spacial score (nSPS) is 10.1. The van der Waals surface area contributed by atoms with E-state index < -0.39 is 29.2 Å². The first-order valence-electron chi connectivity index (χ1n) is 7.56. The Morgan fingerprint density at radius 3 is 2.67 bits per heavy atom. The molecule has 8 nitrogen and oxygen atoms in total. The zero-order valence-electron chi connectivity index (χ0n) is 14.1. The van der Waals surface area contributed by atoms with E-state index in [2.05, 4.69) is 5.32 Å². The molecule has 0 unspecified atom stereocenters. The maximum Gasteiger partial charge on any atom is 0.316 e. The van der Waals surface area contributed by atoms with Crippen LogP contribution in [0.25, 0.3) is 0 Å². The number of amides is 1. The molecule has 0 saturated carbocycles. The number of nitro benzene ring substituents is 1. The van der Waals surface area contributed by atoms with Gasteiger partial charge in [-0.15, -0.1) is 11.8 Å². The lowest BCUT2D eigenvalue weighted by molar-refractivity contribution is -0.384. The van der Waals surface area contributed by atoms with Crippen molar-refractivity contribution in [2.24, 2.45) is 0 Å². The number of carbonyl (C=O) groups excluding carboxylic acids is 2. The van der Waals surface area contributed by atoms with Crippen molar-refractivity contribution in [2.75, 3.05) is 24.8 Å². The average molecular weight is 394 g/mol. The molecule has 0 atom stereocenters. The number of ether oxygens (including phenoxy) is 2. The molecule has 142 valence electrons. The molecule has 0 aliphatic carbocycles. The van der Waals surface area contributed by atoms with Crippen molar-refractivity contribution in [1.82, 2.24) is 0 Å². The molecule has 0 aromatic heterocycles. The lowest BCUT2D eigenvalue weighted by Gasteiger charge is -2.10. The Bertz CT molecular complexity index is 861. The Morgan fingerprint density at radius 1 is 1.26 bits per heavy atom. The number of nitrogens with zero attached hydrogens (tertiary/aromatic N) is 1. The van der Waals surface area contributed by atoms with Crippen LogP contribution in [-0.4, -0.2) is 36.3 Å². The predicted molar refractivity (Wildman–Crippen MR) is 96.4 cm³/mol. The fraction of sp³-hybridized carbons (Fsp3) is 0.176. The molecule has 27 heavy (non-hydrogen) atoms. The molecular weight excluding hydrogens is 379 g/mol. The van der Waals surface area contributed by atoms with Crippen molar-refractivity contribution in [2.45, 2.75) is 4.90 Å². The molecule has 0 heterocycles. The second kappa shape index (κ2) is 9.53. The van der Waals surface area contributed by atoms with Gasteiger partial charge in [-0.25, -0.2) is 4.39 Å². The number of carbonyl (C=O) groups is 2. The van der Waals surface area contributed by atoms with Crippen LogP contribution in [0.5, 0.6) is 5.75 Å². The van der Waals surface area contributed by atoms with E-state index in [1.54, 1.807) is 6.07 Å². The zero-order valence-corrected chi connectivity index (χ0v) is 15.0. The van der Waals surface area contributed by atoms with Crippen LogP contribution in [0, 0.1) is 15.9 Å². The number of hydrogen-bond acceptors (Lipinski definition) is 7. The van der Waals surface area contributed by atoms with E-state index in [0.29, 0.717) is 4.90 Å². The molecule has 1 amide bonds. The van der Waals surface area contributed by atoms with E-state index in [9.17, 15) is 24.1 Å². The summed E-state index contributed by atoms with van der Waals surface area (Å²) in [7, 11) is 1.34. The number of rotatable bonds is 8. The van der Waals surface area contributed by atoms with Crippen LogP contribution in [-0.2, 0) is 14.3 Å². The van der Waals surface area contributed by atoms with Crippen molar-refractivity contribution in [3.05, 3.63) is 58.4 Å². The monoisotopic (exact) mass is 394 g/mol. The van der Waals surface area contributed by atoms with Crippen molar-refractivity contribution in [1.29, 1.82) is 0 Å². The van der Waals surface area contributed by atoms with Gasteiger partial charge < -0.3 is 14.8 Å². The van der Waals surface area contributed by atoms with Gasteiger partial charge in [-0.3, -0.25) is 19.7 Å². The first kappa shape index (κ1) is 20.2. The molecule has 2 aromatic carbocycles. The molecule has 10 heteroatoms. The van der Waals surface area contributed by atoms with Crippen molar-refractivity contribution < 1.29 is 28.4 Å². The smallest absolute Gasteiger partial charge is 0.316 e. The minimum absolute atomic E-state index is 0.0773. The SMILES string of the molecule is COc1ccc([N+](=O)[O-])cc1NC(=O)COC(=O)CSc1ccccc1F. The van der Waals surface area contributed by atoms with Crippen LogP contribution in [0.3, 0.4) is 0 Å². The lowest BCUT2D eigenvalue weighted by Crippen LogP contribution is -2.22. The van der Waals surface area contributed by atoms with E-state index in [-0.39, 0.29) is 22.9 Å². The summed E-state index contributed by atoms with van der Waals surface area (Å²) in [4.78, 5) is 34.1. The van der Waals surface area contributed by atoms with Gasteiger partial charge in [0.1, 0.15) is 11.6 Å². The van der Waals surface area contributed by atoms with Crippen LogP contribution in [0.4, 0.5) is 15.8 Å². The molecule has 2 aromatic rings. The summed E-state index contributed by atoms with van der Waals surface area (Å²) in [6.45, 7) is -0.595. The Labute approximate surface area is 157 Å². The van der Waals surface area contributed by atoms with Crippen LogP contribution >= 0.6 is 11.8 Å².